The number of benzene rings is 2. The number of amides is 2. The molecule has 2 atom stereocenters. The highest BCUT2D eigenvalue weighted by Gasteiger charge is 2.43. The van der Waals surface area contributed by atoms with E-state index in [4.69, 9.17) is 16.3 Å². The van der Waals surface area contributed by atoms with Crippen LogP contribution in [-0.2, 0) is 9.59 Å². The second-order valence-electron chi connectivity index (χ2n) is 8.93. The summed E-state index contributed by atoms with van der Waals surface area (Å²) in [6.07, 6.45) is -0.453. The second-order valence-corrected chi connectivity index (χ2v) is 10.6. The molecule has 2 saturated heterocycles. The molecule has 2 amide bonds. The predicted molar refractivity (Wildman–Crippen MR) is 136 cm³/mol. The summed E-state index contributed by atoms with van der Waals surface area (Å²) in [5, 5.41) is 12.1. The number of anilines is 1. The van der Waals surface area contributed by atoms with E-state index in [1.54, 1.807) is 35.6 Å². The molecule has 0 saturated carbocycles. The van der Waals surface area contributed by atoms with Crippen molar-refractivity contribution in [2.75, 3.05) is 44.2 Å². The first kappa shape index (κ1) is 24.1. The maximum absolute atomic E-state index is 13.0. The number of carbonyl (C=O) groups excluding carboxylic acids is 2. The Kier molecular flexibility index (Phi) is 7.04. The molecule has 0 radical (unpaired) electrons. The zero-order valence-corrected chi connectivity index (χ0v) is 21.0. The van der Waals surface area contributed by atoms with Gasteiger partial charge in [0.2, 0.25) is 5.91 Å². The Labute approximate surface area is 212 Å². The molecular formula is C25H27ClN4O4S. The Morgan fingerprint density at radius 1 is 1.14 bits per heavy atom. The van der Waals surface area contributed by atoms with Crippen molar-refractivity contribution in [3.63, 3.8) is 0 Å². The van der Waals surface area contributed by atoms with E-state index in [0.717, 1.165) is 15.2 Å². The van der Waals surface area contributed by atoms with Crippen molar-refractivity contribution in [1.82, 2.24) is 14.8 Å². The van der Waals surface area contributed by atoms with Gasteiger partial charge in [-0.2, -0.15) is 0 Å². The van der Waals surface area contributed by atoms with Crippen LogP contribution in [0, 0.1) is 6.92 Å². The van der Waals surface area contributed by atoms with Crippen LogP contribution < -0.4 is 9.64 Å². The largest absolute Gasteiger partial charge is 0.491 e. The molecule has 1 N–H and O–H groups in total. The molecule has 2 aliphatic heterocycles. The molecule has 1 aromatic heterocycles. The van der Waals surface area contributed by atoms with E-state index in [9.17, 15) is 14.7 Å². The van der Waals surface area contributed by atoms with Gasteiger partial charge in [0, 0.05) is 43.8 Å². The van der Waals surface area contributed by atoms with Gasteiger partial charge in [0.15, 0.2) is 0 Å². The lowest BCUT2D eigenvalue weighted by Gasteiger charge is -2.37. The topological polar surface area (TPSA) is 86.2 Å². The second kappa shape index (κ2) is 10.2. The molecule has 0 aliphatic carbocycles. The van der Waals surface area contributed by atoms with Gasteiger partial charge in [-0.1, -0.05) is 11.6 Å². The van der Waals surface area contributed by atoms with Crippen molar-refractivity contribution in [3.05, 3.63) is 52.5 Å². The Morgan fingerprint density at radius 2 is 1.89 bits per heavy atom. The fourth-order valence-electron chi connectivity index (χ4n) is 4.68. The number of aromatic nitrogens is 1. The van der Waals surface area contributed by atoms with E-state index in [2.05, 4.69) is 14.8 Å². The van der Waals surface area contributed by atoms with Gasteiger partial charge in [0.05, 0.1) is 33.4 Å². The number of aryl methyl sites for hydroxylation is 1. The average molecular weight is 515 g/mol. The number of carbonyl (C=O) groups is 2. The number of piperazine rings is 1. The quantitative estimate of drug-likeness (QED) is 0.485. The lowest BCUT2D eigenvalue weighted by Crippen LogP contribution is -2.54. The number of imide groups is 1. The third kappa shape index (κ3) is 5.34. The lowest BCUT2D eigenvalue weighted by molar-refractivity contribution is -0.123. The van der Waals surface area contributed by atoms with Crippen molar-refractivity contribution in [2.45, 2.75) is 25.5 Å². The number of rotatable bonds is 7. The molecule has 184 valence electrons. The zero-order valence-electron chi connectivity index (χ0n) is 19.4. The van der Waals surface area contributed by atoms with E-state index in [1.165, 1.54) is 4.90 Å². The molecule has 10 heteroatoms. The number of halogens is 1. The molecule has 1 unspecified atom stereocenters. The lowest BCUT2D eigenvalue weighted by atomic mass is 10.1. The Hall–Kier alpha value is -2.56. The van der Waals surface area contributed by atoms with Gasteiger partial charge in [-0.25, -0.2) is 9.88 Å². The van der Waals surface area contributed by atoms with E-state index in [0.29, 0.717) is 49.2 Å². The first-order chi connectivity index (χ1) is 16.9. The summed E-state index contributed by atoms with van der Waals surface area (Å²) in [5.41, 5.74) is 1.46. The molecule has 0 spiro atoms. The van der Waals surface area contributed by atoms with E-state index < -0.39 is 12.1 Å². The number of hydrogen-bond donors (Lipinski definition) is 1. The fraction of sp³-hybridized carbons (Fsp3) is 0.400. The van der Waals surface area contributed by atoms with Crippen LogP contribution in [0.5, 0.6) is 5.75 Å². The third-order valence-corrected chi connectivity index (χ3v) is 7.64. The van der Waals surface area contributed by atoms with Crippen molar-refractivity contribution in [3.8, 4) is 5.75 Å². The number of aliphatic hydroxyl groups excluding tert-OH is 1. The molecule has 3 aromatic rings. The van der Waals surface area contributed by atoms with Crippen LogP contribution in [0.3, 0.4) is 0 Å². The number of aliphatic hydroxyl groups is 1. The van der Waals surface area contributed by atoms with Crippen LogP contribution in [0.2, 0.25) is 5.02 Å². The number of β-amino-alcohol motifs (C(OH)–C–C–N with tert-alkyl or cyclic N) is 1. The number of hydrogen-bond acceptors (Lipinski definition) is 8. The van der Waals surface area contributed by atoms with Gasteiger partial charge in [-0.15, -0.1) is 11.3 Å². The van der Waals surface area contributed by atoms with Crippen molar-refractivity contribution < 1.29 is 19.4 Å². The third-order valence-electron chi connectivity index (χ3n) is 6.43. The minimum atomic E-state index is -0.635. The van der Waals surface area contributed by atoms with Crippen LogP contribution in [0.1, 0.15) is 11.4 Å². The zero-order chi connectivity index (χ0) is 24.5. The smallest absolute Gasteiger partial charge is 0.251 e. The van der Waals surface area contributed by atoms with Crippen molar-refractivity contribution >= 4 is 50.7 Å². The SMILES string of the molecule is Cc1nc2cc(OC[C@H](O)CN3CCN(C4CC(=O)N(c5ccc(Cl)cc5)C4=O)CC3)ccc2s1. The summed E-state index contributed by atoms with van der Waals surface area (Å²) in [6.45, 7) is 5.39. The fourth-order valence-corrected chi connectivity index (χ4v) is 5.61. The summed E-state index contributed by atoms with van der Waals surface area (Å²) in [6, 6.07) is 12.1. The summed E-state index contributed by atoms with van der Waals surface area (Å²) in [5.74, 6) is 0.316. The first-order valence-electron chi connectivity index (χ1n) is 11.6. The average Bonchev–Trinajstić information content (AvgIpc) is 3.36. The molecular weight excluding hydrogens is 488 g/mol. The summed E-state index contributed by atoms with van der Waals surface area (Å²) in [7, 11) is 0. The maximum Gasteiger partial charge on any atom is 0.251 e. The minimum Gasteiger partial charge on any atom is -0.491 e. The molecule has 0 bridgehead atoms. The van der Waals surface area contributed by atoms with E-state index >= 15 is 0 Å². The summed E-state index contributed by atoms with van der Waals surface area (Å²) in [4.78, 5) is 35.6. The molecule has 3 heterocycles. The van der Waals surface area contributed by atoms with Crippen LogP contribution in [0.15, 0.2) is 42.5 Å². The standard InChI is InChI=1S/C25H27ClN4O4S/c1-16-27-21-12-20(6-7-23(21)35-16)34-15-19(31)14-28-8-10-29(11-9-28)22-13-24(32)30(25(22)33)18-4-2-17(26)3-5-18/h2-7,12,19,22,31H,8-11,13-15H2,1H3/t19-,22?/m1/s1. The molecule has 2 aliphatic rings. The highest BCUT2D eigenvalue weighted by Crippen LogP contribution is 2.28. The van der Waals surface area contributed by atoms with Gasteiger partial charge in [-0.3, -0.25) is 19.4 Å². The van der Waals surface area contributed by atoms with Gasteiger partial charge in [0.1, 0.15) is 18.5 Å². The molecule has 8 nitrogen and oxygen atoms in total. The molecule has 2 fully saturated rings. The monoisotopic (exact) mass is 514 g/mol. The van der Waals surface area contributed by atoms with Crippen LogP contribution in [0.25, 0.3) is 10.2 Å². The molecule has 5 rings (SSSR count). The number of thiazole rings is 1. The highest BCUT2D eigenvalue weighted by atomic mass is 35.5. The van der Waals surface area contributed by atoms with Crippen molar-refractivity contribution in [1.29, 1.82) is 0 Å². The van der Waals surface area contributed by atoms with E-state index in [1.807, 2.05) is 25.1 Å². The van der Waals surface area contributed by atoms with Crippen LogP contribution in [-0.4, -0.2) is 83.2 Å². The normalized spacial score (nSPS) is 20.7. The van der Waals surface area contributed by atoms with Crippen molar-refractivity contribution in [2.24, 2.45) is 0 Å². The number of nitrogens with zero attached hydrogens (tertiary/aromatic N) is 4. The van der Waals surface area contributed by atoms with Gasteiger partial charge >= 0.3 is 0 Å². The summed E-state index contributed by atoms with van der Waals surface area (Å²) >= 11 is 7.58. The Morgan fingerprint density at radius 3 is 2.63 bits per heavy atom. The Bertz CT molecular complexity index is 1230. The molecule has 35 heavy (non-hydrogen) atoms. The van der Waals surface area contributed by atoms with Gasteiger partial charge in [0.25, 0.3) is 5.91 Å². The number of fused-ring (bicyclic) bond motifs is 1. The minimum absolute atomic E-state index is 0.181. The first-order valence-corrected chi connectivity index (χ1v) is 12.8. The highest BCUT2D eigenvalue weighted by molar-refractivity contribution is 7.18. The van der Waals surface area contributed by atoms with Gasteiger partial charge in [-0.05, 0) is 43.3 Å². The summed E-state index contributed by atoms with van der Waals surface area (Å²) < 4.78 is 6.92. The van der Waals surface area contributed by atoms with Crippen LogP contribution in [0.4, 0.5) is 5.69 Å². The van der Waals surface area contributed by atoms with Gasteiger partial charge < -0.3 is 9.84 Å². The predicted octanol–water partition coefficient (Wildman–Crippen LogP) is 2.95. The van der Waals surface area contributed by atoms with E-state index in [-0.39, 0.29) is 24.8 Å². The van der Waals surface area contributed by atoms with Crippen LogP contribution >= 0.6 is 22.9 Å². The number of ether oxygens (including phenoxy) is 1. The maximum atomic E-state index is 13.0. The molecule has 2 aromatic carbocycles. The Balaban J connectivity index is 1.10.